The molecule has 272 valence electrons. The maximum Gasteiger partial charge on any atom is 0.329 e. The fourth-order valence-electron chi connectivity index (χ4n) is 8.26. The summed E-state index contributed by atoms with van der Waals surface area (Å²) in [6.07, 6.45) is 6.13. The van der Waals surface area contributed by atoms with E-state index >= 15 is 0 Å². The molecule has 3 fully saturated rings. The number of aromatic amines is 1. The zero-order chi connectivity index (χ0) is 36.3. The van der Waals surface area contributed by atoms with Crippen LogP contribution < -0.4 is 21.2 Å². The van der Waals surface area contributed by atoms with Crippen molar-refractivity contribution in [3.05, 3.63) is 76.5 Å². The van der Waals surface area contributed by atoms with E-state index in [2.05, 4.69) is 42.4 Å². The number of nitrogens with zero attached hydrogens (tertiary/aromatic N) is 7. The first kappa shape index (κ1) is 33.7. The van der Waals surface area contributed by atoms with Crippen molar-refractivity contribution in [1.82, 2.24) is 38.7 Å². The van der Waals surface area contributed by atoms with E-state index in [9.17, 15) is 28.0 Å². The Balaban J connectivity index is 0.878. The number of piperidine rings is 2. The molecule has 0 spiro atoms. The number of anilines is 2. The van der Waals surface area contributed by atoms with E-state index in [1.165, 1.54) is 4.57 Å². The van der Waals surface area contributed by atoms with E-state index < -0.39 is 30.0 Å². The van der Waals surface area contributed by atoms with Gasteiger partial charge in [0.15, 0.2) is 5.82 Å². The van der Waals surface area contributed by atoms with Crippen LogP contribution >= 0.6 is 0 Å². The van der Waals surface area contributed by atoms with Gasteiger partial charge in [0, 0.05) is 63.7 Å². The Morgan fingerprint density at radius 2 is 1.87 bits per heavy atom. The standard InChI is InChI=1S/C36H40F2N10O4/c1-44(19-20-17-21(18-20)31-41-28(30(37)38)32(42-31)43-34(50)23-11-16-47-13-4-12-39-33(23)47)22-9-14-46(15-10-22)24-5-3-6-25-29(24)45(2)36(52)48(25)26-7-8-27(49)40-35(26)51/h3-6,11-13,16,20-22,26,30H,7-10,14-15,17-19H2,1-2H3,(H,41,42)(H,43,50)(H,40,49,51). The van der Waals surface area contributed by atoms with Crippen LogP contribution in [0, 0.1) is 5.92 Å². The van der Waals surface area contributed by atoms with E-state index in [4.69, 9.17) is 0 Å². The fourth-order valence-corrected chi connectivity index (χ4v) is 8.26. The number of aryl methyl sites for hydroxylation is 1. The molecular weight excluding hydrogens is 674 g/mol. The quantitative estimate of drug-likeness (QED) is 0.194. The number of carbonyl (C=O) groups excluding carboxylic acids is 3. The lowest BCUT2D eigenvalue weighted by Crippen LogP contribution is -2.46. The average Bonchev–Trinajstić information content (AvgIpc) is 3.81. The molecule has 3 aliphatic rings. The number of alkyl halides is 2. The van der Waals surface area contributed by atoms with Gasteiger partial charge in [-0.05, 0) is 69.3 Å². The van der Waals surface area contributed by atoms with Gasteiger partial charge in [-0.25, -0.2) is 23.5 Å². The molecule has 14 nitrogen and oxygen atoms in total. The highest BCUT2D eigenvalue weighted by molar-refractivity contribution is 6.08. The number of hydrogen-bond donors (Lipinski definition) is 3. The van der Waals surface area contributed by atoms with Crippen molar-refractivity contribution in [2.24, 2.45) is 13.0 Å². The molecule has 6 heterocycles. The predicted octanol–water partition coefficient (Wildman–Crippen LogP) is 3.97. The molecule has 1 unspecified atom stereocenters. The Morgan fingerprint density at radius 1 is 1.08 bits per heavy atom. The highest BCUT2D eigenvalue weighted by Gasteiger charge is 2.37. The second kappa shape index (κ2) is 13.3. The highest BCUT2D eigenvalue weighted by atomic mass is 19.3. The lowest BCUT2D eigenvalue weighted by molar-refractivity contribution is -0.135. The second-order valence-corrected chi connectivity index (χ2v) is 14.2. The number of halogens is 2. The van der Waals surface area contributed by atoms with Crippen molar-refractivity contribution < 1.29 is 23.2 Å². The lowest BCUT2D eigenvalue weighted by Gasteiger charge is -2.42. The van der Waals surface area contributed by atoms with Crippen molar-refractivity contribution in [2.45, 2.75) is 63.0 Å². The number of aromatic nitrogens is 6. The lowest BCUT2D eigenvalue weighted by atomic mass is 9.74. The number of fused-ring (bicyclic) bond motifs is 2. The molecule has 52 heavy (non-hydrogen) atoms. The van der Waals surface area contributed by atoms with Crippen LogP contribution in [-0.2, 0) is 16.6 Å². The third-order valence-electron chi connectivity index (χ3n) is 11.1. The molecule has 0 radical (unpaired) electrons. The SMILES string of the molecule is CN(CC1CC(c2nc(NC(=O)c3ccn4cccnc34)c(C(F)F)[nH]2)C1)C1CCN(c2cccc3c2n(C)c(=O)n3C2CCC(=O)NC2=O)CC1. The zero-order valence-corrected chi connectivity index (χ0v) is 28.9. The summed E-state index contributed by atoms with van der Waals surface area (Å²) in [4.78, 5) is 66.9. The summed E-state index contributed by atoms with van der Waals surface area (Å²) < 4.78 is 32.8. The van der Waals surface area contributed by atoms with Crippen LogP contribution in [-0.4, -0.2) is 83.8 Å². The molecule has 1 aliphatic carbocycles. The van der Waals surface area contributed by atoms with E-state index in [0.717, 1.165) is 56.5 Å². The number of benzene rings is 1. The van der Waals surface area contributed by atoms with Crippen molar-refractivity contribution in [2.75, 3.05) is 36.9 Å². The minimum absolute atomic E-state index is 0.00000769. The Kier molecular flexibility index (Phi) is 8.64. The summed E-state index contributed by atoms with van der Waals surface area (Å²) in [5.74, 6) is -0.618. The minimum atomic E-state index is -2.82. The Bertz CT molecular complexity index is 2240. The Morgan fingerprint density at radius 3 is 2.62 bits per heavy atom. The topological polar surface area (TPSA) is 155 Å². The first-order valence-electron chi connectivity index (χ1n) is 17.7. The van der Waals surface area contributed by atoms with Gasteiger partial charge in [0.1, 0.15) is 23.2 Å². The van der Waals surface area contributed by atoms with Gasteiger partial charge in [0.25, 0.3) is 12.3 Å². The maximum atomic E-state index is 14.0. The van der Waals surface area contributed by atoms with Gasteiger partial charge in [0.2, 0.25) is 11.8 Å². The number of imide groups is 1. The normalized spacial score (nSPS) is 21.3. The van der Waals surface area contributed by atoms with Crippen LogP contribution in [0.5, 0.6) is 0 Å². The van der Waals surface area contributed by atoms with E-state index in [0.29, 0.717) is 28.9 Å². The van der Waals surface area contributed by atoms with Crippen LogP contribution in [0.25, 0.3) is 16.7 Å². The molecule has 3 N–H and O–H groups in total. The largest absolute Gasteiger partial charge is 0.370 e. The highest BCUT2D eigenvalue weighted by Crippen LogP contribution is 2.43. The molecule has 5 aromatic rings. The van der Waals surface area contributed by atoms with E-state index in [1.54, 1.807) is 46.7 Å². The van der Waals surface area contributed by atoms with E-state index in [1.807, 2.05) is 18.2 Å². The van der Waals surface area contributed by atoms with Crippen LogP contribution in [0.15, 0.2) is 53.7 Å². The Labute approximate surface area is 296 Å². The molecule has 4 aromatic heterocycles. The second-order valence-electron chi connectivity index (χ2n) is 14.2. The van der Waals surface area contributed by atoms with Crippen molar-refractivity contribution in [3.8, 4) is 0 Å². The van der Waals surface area contributed by atoms with Crippen molar-refractivity contribution >= 4 is 45.9 Å². The van der Waals surface area contributed by atoms with Gasteiger partial charge in [-0.15, -0.1) is 0 Å². The molecular formula is C36H40F2N10O4. The van der Waals surface area contributed by atoms with Gasteiger partial charge in [-0.1, -0.05) is 6.07 Å². The van der Waals surface area contributed by atoms with Crippen LogP contribution in [0.2, 0.25) is 0 Å². The molecule has 1 saturated carbocycles. The molecule has 16 heteroatoms. The van der Waals surface area contributed by atoms with Gasteiger partial charge < -0.3 is 24.5 Å². The summed E-state index contributed by atoms with van der Waals surface area (Å²) >= 11 is 0. The zero-order valence-electron chi connectivity index (χ0n) is 28.9. The number of nitrogens with one attached hydrogen (secondary N) is 3. The average molecular weight is 715 g/mol. The number of H-pyrrole nitrogens is 1. The number of hydrogen-bond acceptors (Lipinski definition) is 8. The van der Waals surface area contributed by atoms with Crippen LogP contribution in [0.4, 0.5) is 20.3 Å². The molecule has 0 bridgehead atoms. The summed E-state index contributed by atoms with van der Waals surface area (Å²) in [6, 6.07) is 8.74. The molecule has 8 rings (SSSR count). The molecule has 1 atom stereocenters. The summed E-state index contributed by atoms with van der Waals surface area (Å²) in [7, 11) is 3.86. The summed E-state index contributed by atoms with van der Waals surface area (Å²) in [6.45, 7) is 2.47. The number of rotatable bonds is 9. The van der Waals surface area contributed by atoms with Gasteiger partial charge in [-0.2, -0.15) is 0 Å². The van der Waals surface area contributed by atoms with Gasteiger partial charge in [0.05, 0.1) is 22.3 Å². The fraction of sp³-hybridized carbons (Fsp3) is 0.444. The smallest absolute Gasteiger partial charge is 0.329 e. The number of imidazole rings is 2. The van der Waals surface area contributed by atoms with Crippen molar-refractivity contribution in [3.63, 3.8) is 0 Å². The summed E-state index contributed by atoms with van der Waals surface area (Å²) in [5, 5.41) is 4.94. The summed E-state index contributed by atoms with van der Waals surface area (Å²) in [5.41, 5.74) is 2.42. The van der Waals surface area contributed by atoms with Gasteiger partial charge >= 0.3 is 5.69 Å². The monoisotopic (exact) mass is 714 g/mol. The molecule has 2 aliphatic heterocycles. The first-order chi connectivity index (χ1) is 25.1. The Hall–Kier alpha value is -5.38. The maximum absolute atomic E-state index is 14.0. The van der Waals surface area contributed by atoms with Gasteiger partial charge in [-0.3, -0.25) is 28.8 Å². The number of para-hydroxylation sites is 1. The van der Waals surface area contributed by atoms with Crippen molar-refractivity contribution in [1.29, 1.82) is 0 Å². The van der Waals surface area contributed by atoms with Crippen LogP contribution in [0.1, 0.15) is 78.8 Å². The third kappa shape index (κ3) is 5.93. The number of amides is 3. The van der Waals surface area contributed by atoms with E-state index in [-0.39, 0.29) is 41.7 Å². The third-order valence-corrected chi connectivity index (χ3v) is 11.1. The van der Waals surface area contributed by atoms with Crippen LogP contribution in [0.3, 0.4) is 0 Å². The predicted molar refractivity (Wildman–Crippen MR) is 189 cm³/mol. The molecule has 2 saturated heterocycles. The minimum Gasteiger partial charge on any atom is -0.370 e. The molecule has 3 amide bonds. The number of carbonyl (C=O) groups is 3. The first-order valence-corrected chi connectivity index (χ1v) is 17.7. The molecule has 1 aromatic carbocycles.